The van der Waals surface area contributed by atoms with E-state index in [9.17, 15) is 0 Å². The summed E-state index contributed by atoms with van der Waals surface area (Å²) in [6.07, 6.45) is 7.78. The van der Waals surface area contributed by atoms with Gasteiger partial charge in [0.25, 0.3) is 0 Å². The summed E-state index contributed by atoms with van der Waals surface area (Å²) in [5, 5.41) is 0. The number of rotatable bonds is 5. The molecule has 0 spiro atoms. The quantitative estimate of drug-likeness (QED) is 0.718. The van der Waals surface area contributed by atoms with Crippen molar-refractivity contribution in [3.63, 3.8) is 0 Å². The number of fused-ring (bicyclic) bond motifs is 1. The van der Waals surface area contributed by atoms with Crippen molar-refractivity contribution >= 4 is 11.1 Å². The second-order valence-electron chi connectivity index (χ2n) is 6.89. The molecule has 0 saturated heterocycles. The Bertz CT molecular complexity index is 886. The average Bonchev–Trinajstić information content (AvgIpc) is 3.11. The molecule has 6 nitrogen and oxygen atoms in total. The predicted octanol–water partition coefficient (Wildman–Crippen LogP) is 4.05. The van der Waals surface area contributed by atoms with Crippen molar-refractivity contribution in [1.29, 1.82) is 0 Å². The first kappa shape index (κ1) is 17.0. The van der Waals surface area contributed by atoms with Crippen molar-refractivity contribution < 1.29 is 9.15 Å². The van der Waals surface area contributed by atoms with Gasteiger partial charge >= 0.3 is 0 Å². The van der Waals surface area contributed by atoms with E-state index in [1.165, 1.54) is 19.3 Å². The highest BCUT2D eigenvalue weighted by Gasteiger charge is 2.25. The van der Waals surface area contributed by atoms with Gasteiger partial charge in [0, 0.05) is 24.9 Å². The summed E-state index contributed by atoms with van der Waals surface area (Å²) in [7, 11) is 0. The van der Waals surface area contributed by atoms with E-state index in [1.807, 2.05) is 24.3 Å². The van der Waals surface area contributed by atoms with Crippen LogP contribution in [0.3, 0.4) is 0 Å². The molecular formula is C20H24N4O2. The fourth-order valence-electron chi connectivity index (χ4n) is 3.59. The summed E-state index contributed by atoms with van der Waals surface area (Å²) >= 11 is 0. The number of ether oxygens (including phenoxy) is 1. The Morgan fingerprint density at radius 2 is 1.92 bits per heavy atom. The molecule has 136 valence electrons. The van der Waals surface area contributed by atoms with Crippen molar-refractivity contribution in [3.8, 4) is 11.5 Å². The van der Waals surface area contributed by atoms with Gasteiger partial charge in [-0.15, -0.1) is 0 Å². The van der Waals surface area contributed by atoms with Gasteiger partial charge in [0.15, 0.2) is 5.58 Å². The summed E-state index contributed by atoms with van der Waals surface area (Å²) in [6.45, 7) is 0.376. The Labute approximate surface area is 152 Å². The van der Waals surface area contributed by atoms with Gasteiger partial charge in [-0.3, -0.25) is 4.98 Å². The van der Waals surface area contributed by atoms with Crippen molar-refractivity contribution in [2.24, 2.45) is 17.4 Å². The highest BCUT2D eigenvalue weighted by atomic mass is 16.5. The van der Waals surface area contributed by atoms with Gasteiger partial charge in [-0.2, -0.15) is 0 Å². The van der Waals surface area contributed by atoms with Gasteiger partial charge in [-0.1, -0.05) is 19.3 Å². The van der Waals surface area contributed by atoms with Crippen LogP contribution in [0.25, 0.3) is 11.1 Å². The smallest absolute Gasteiger partial charge is 0.212 e. The molecule has 26 heavy (non-hydrogen) atoms. The SMILES string of the molecule is NCc1cc(Oc2ccc3nc(C(N)C4CCCCC4)oc3c2)ccn1. The maximum atomic E-state index is 6.42. The molecule has 1 atom stereocenters. The third-order valence-corrected chi connectivity index (χ3v) is 5.05. The molecule has 1 saturated carbocycles. The van der Waals surface area contributed by atoms with Crippen LogP contribution < -0.4 is 16.2 Å². The van der Waals surface area contributed by atoms with Crippen molar-refractivity contribution in [2.75, 3.05) is 0 Å². The van der Waals surface area contributed by atoms with Crippen LogP contribution in [0.2, 0.25) is 0 Å². The largest absolute Gasteiger partial charge is 0.457 e. The third-order valence-electron chi connectivity index (χ3n) is 5.05. The van der Waals surface area contributed by atoms with Gasteiger partial charge in [0.2, 0.25) is 5.89 Å². The first-order valence-electron chi connectivity index (χ1n) is 9.22. The van der Waals surface area contributed by atoms with E-state index in [0.717, 1.165) is 24.1 Å². The molecule has 1 unspecified atom stereocenters. The average molecular weight is 352 g/mol. The van der Waals surface area contributed by atoms with E-state index in [4.69, 9.17) is 20.6 Å². The number of nitrogens with zero attached hydrogens (tertiary/aromatic N) is 2. The van der Waals surface area contributed by atoms with Crippen LogP contribution in [0, 0.1) is 5.92 Å². The van der Waals surface area contributed by atoms with E-state index in [-0.39, 0.29) is 6.04 Å². The number of hydrogen-bond acceptors (Lipinski definition) is 6. The summed E-state index contributed by atoms with van der Waals surface area (Å²) in [6, 6.07) is 9.12. The summed E-state index contributed by atoms with van der Waals surface area (Å²) in [5.41, 5.74) is 14.3. The van der Waals surface area contributed by atoms with Gasteiger partial charge in [0.1, 0.15) is 17.0 Å². The molecule has 0 aliphatic heterocycles. The molecule has 1 aliphatic carbocycles. The maximum Gasteiger partial charge on any atom is 0.212 e. The van der Waals surface area contributed by atoms with Crippen LogP contribution in [0.15, 0.2) is 40.9 Å². The molecule has 4 N–H and O–H groups in total. The number of benzene rings is 1. The van der Waals surface area contributed by atoms with E-state index < -0.39 is 0 Å². The van der Waals surface area contributed by atoms with Crippen molar-refractivity contribution in [2.45, 2.75) is 44.7 Å². The van der Waals surface area contributed by atoms with E-state index in [0.29, 0.717) is 35.4 Å². The number of aromatic nitrogens is 2. The molecule has 1 aliphatic rings. The zero-order valence-electron chi connectivity index (χ0n) is 14.7. The topological polar surface area (TPSA) is 100 Å². The molecule has 2 aromatic heterocycles. The Hall–Kier alpha value is -2.44. The minimum atomic E-state index is -0.139. The summed E-state index contributed by atoms with van der Waals surface area (Å²) < 4.78 is 11.9. The molecule has 6 heteroatoms. The Kier molecular flexibility index (Phi) is 4.86. The fraction of sp³-hybridized carbons (Fsp3) is 0.400. The van der Waals surface area contributed by atoms with Crippen LogP contribution in [-0.4, -0.2) is 9.97 Å². The molecule has 3 aromatic rings. The Morgan fingerprint density at radius 1 is 1.12 bits per heavy atom. The molecule has 0 bridgehead atoms. The summed E-state index contributed by atoms with van der Waals surface area (Å²) in [5.74, 6) is 2.46. The van der Waals surface area contributed by atoms with Crippen molar-refractivity contribution in [1.82, 2.24) is 9.97 Å². The first-order chi connectivity index (χ1) is 12.7. The fourth-order valence-corrected chi connectivity index (χ4v) is 3.59. The molecule has 1 aromatic carbocycles. The van der Waals surface area contributed by atoms with Gasteiger partial charge in [-0.05, 0) is 37.0 Å². The second kappa shape index (κ2) is 7.43. The Morgan fingerprint density at radius 3 is 2.73 bits per heavy atom. The lowest BCUT2D eigenvalue weighted by molar-refractivity contribution is 0.278. The normalized spacial score (nSPS) is 16.7. The molecule has 0 amide bonds. The van der Waals surface area contributed by atoms with Gasteiger partial charge in [0.05, 0.1) is 11.7 Å². The maximum absolute atomic E-state index is 6.42. The van der Waals surface area contributed by atoms with Crippen LogP contribution in [0.4, 0.5) is 0 Å². The minimum Gasteiger partial charge on any atom is -0.457 e. The zero-order chi connectivity index (χ0) is 17.9. The molecule has 2 heterocycles. The first-order valence-corrected chi connectivity index (χ1v) is 9.22. The molecule has 4 rings (SSSR count). The van der Waals surface area contributed by atoms with E-state index >= 15 is 0 Å². The van der Waals surface area contributed by atoms with E-state index in [1.54, 1.807) is 12.3 Å². The number of nitrogens with two attached hydrogens (primary N) is 2. The summed E-state index contributed by atoms with van der Waals surface area (Å²) in [4.78, 5) is 8.76. The Balaban J connectivity index is 1.55. The van der Waals surface area contributed by atoms with Crippen LogP contribution in [0.1, 0.15) is 49.7 Å². The molecular weight excluding hydrogens is 328 g/mol. The van der Waals surface area contributed by atoms with Gasteiger partial charge in [-0.25, -0.2) is 4.98 Å². The van der Waals surface area contributed by atoms with Crippen LogP contribution in [-0.2, 0) is 6.54 Å². The van der Waals surface area contributed by atoms with Crippen LogP contribution in [0.5, 0.6) is 11.5 Å². The van der Waals surface area contributed by atoms with Crippen LogP contribution >= 0.6 is 0 Å². The third kappa shape index (κ3) is 3.57. The zero-order valence-corrected chi connectivity index (χ0v) is 14.7. The highest BCUT2D eigenvalue weighted by molar-refractivity contribution is 5.74. The standard InChI is InChI=1S/C20H24N4O2/c21-12-14-10-16(8-9-23-14)25-15-6-7-17-18(11-15)26-20(24-17)19(22)13-4-2-1-3-5-13/h6-11,13,19H,1-5,12,21-22H2. The van der Waals surface area contributed by atoms with Crippen molar-refractivity contribution in [3.05, 3.63) is 48.1 Å². The number of pyridine rings is 1. The lowest BCUT2D eigenvalue weighted by Crippen LogP contribution is -2.23. The molecule has 0 radical (unpaired) electrons. The second-order valence-corrected chi connectivity index (χ2v) is 6.89. The predicted molar refractivity (Wildman–Crippen MR) is 99.7 cm³/mol. The van der Waals surface area contributed by atoms with Gasteiger partial charge < -0.3 is 20.6 Å². The number of hydrogen-bond donors (Lipinski definition) is 2. The minimum absolute atomic E-state index is 0.139. The lowest BCUT2D eigenvalue weighted by Gasteiger charge is -2.25. The van der Waals surface area contributed by atoms with E-state index in [2.05, 4.69) is 9.97 Å². The number of oxazole rings is 1. The monoisotopic (exact) mass is 352 g/mol. The molecule has 1 fully saturated rings. The lowest BCUT2D eigenvalue weighted by atomic mass is 9.84. The highest BCUT2D eigenvalue weighted by Crippen LogP contribution is 2.34.